The highest BCUT2D eigenvalue weighted by Gasteiger charge is 2.36. The molecule has 1 heterocycles. The Morgan fingerprint density at radius 3 is 2.58 bits per heavy atom. The van der Waals surface area contributed by atoms with Gasteiger partial charge in [-0.25, -0.2) is 0 Å². The highest BCUT2D eigenvalue weighted by Crippen LogP contribution is 2.33. The minimum atomic E-state index is -4.61. The molecule has 0 bridgehead atoms. The van der Waals surface area contributed by atoms with E-state index in [1.54, 1.807) is 0 Å². The summed E-state index contributed by atoms with van der Waals surface area (Å²) in [5, 5.41) is 0. The van der Waals surface area contributed by atoms with Gasteiger partial charge in [0.05, 0.1) is 0 Å². The lowest BCUT2D eigenvalue weighted by Gasteiger charge is -2.37. The fourth-order valence-corrected chi connectivity index (χ4v) is 1.69. The second-order valence-corrected chi connectivity index (χ2v) is 3.42. The Hall–Kier alpha value is -0.185. The molecular weight excluding hydrogens is 166 g/mol. The van der Waals surface area contributed by atoms with E-state index in [1.807, 2.05) is 11.8 Å². The van der Waals surface area contributed by atoms with E-state index in [4.69, 9.17) is 0 Å². The normalized spacial score (nSPS) is 27.5. The van der Waals surface area contributed by atoms with Gasteiger partial charge in [0.15, 0.2) is 0 Å². The molecule has 0 aromatic carbocycles. The van der Waals surface area contributed by atoms with Gasteiger partial charge in [-0.2, -0.15) is 0 Å². The molecule has 72 valence electrons. The maximum Gasteiger partial charge on any atom is 0.482 e. The first kappa shape index (κ1) is 9.90. The Balaban J connectivity index is 2.46. The molecule has 1 nitrogen and oxygen atoms in total. The molecule has 0 amide bonds. The van der Waals surface area contributed by atoms with Gasteiger partial charge in [0.2, 0.25) is 0 Å². The molecule has 0 saturated carbocycles. The molecule has 0 radical (unpaired) electrons. The predicted molar refractivity (Wildman–Crippen MR) is 44.2 cm³/mol. The zero-order valence-electron chi connectivity index (χ0n) is 7.27. The van der Waals surface area contributed by atoms with Gasteiger partial charge < -0.3 is 17.8 Å². The van der Waals surface area contributed by atoms with Crippen molar-refractivity contribution in [2.45, 2.75) is 25.6 Å². The first-order chi connectivity index (χ1) is 5.54. The quantitative estimate of drug-likeness (QED) is 0.589. The molecule has 1 fully saturated rings. The van der Waals surface area contributed by atoms with E-state index in [0.29, 0.717) is 12.8 Å². The van der Waals surface area contributed by atoms with Gasteiger partial charge in [-0.3, -0.25) is 0 Å². The molecular formula is C7H14BF3N-. The summed E-state index contributed by atoms with van der Waals surface area (Å²) < 4.78 is 36.9. The number of hydrogen-bond donors (Lipinski definition) is 0. The average molecular weight is 180 g/mol. The molecule has 1 unspecified atom stereocenters. The molecule has 1 aliphatic rings. The third kappa shape index (κ3) is 2.40. The van der Waals surface area contributed by atoms with Crippen LogP contribution in [0.5, 0.6) is 0 Å². The van der Waals surface area contributed by atoms with Crippen molar-refractivity contribution in [2.24, 2.45) is 0 Å². The number of likely N-dealkylation sites (tertiary alicyclic amines) is 1. The largest absolute Gasteiger partial charge is 0.482 e. The summed E-state index contributed by atoms with van der Waals surface area (Å²) in [5.41, 5.74) is 0. The van der Waals surface area contributed by atoms with Crippen LogP contribution in [0.3, 0.4) is 0 Å². The molecule has 0 aromatic rings. The number of piperidine rings is 1. The average Bonchev–Trinajstić information content (AvgIpc) is 2.03. The summed E-state index contributed by atoms with van der Waals surface area (Å²) in [7, 11) is 0. The summed E-state index contributed by atoms with van der Waals surface area (Å²) in [6, 6.07) is 0. The Bertz CT molecular complexity index is 148. The summed E-state index contributed by atoms with van der Waals surface area (Å²) in [4.78, 5) is 1.88. The Morgan fingerprint density at radius 1 is 1.42 bits per heavy atom. The van der Waals surface area contributed by atoms with Crippen LogP contribution < -0.4 is 0 Å². The molecule has 1 rings (SSSR count). The zero-order valence-corrected chi connectivity index (χ0v) is 7.27. The van der Waals surface area contributed by atoms with Crippen LogP contribution in [0.25, 0.3) is 0 Å². The maximum absolute atomic E-state index is 12.3. The van der Waals surface area contributed by atoms with E-state index in [0.717, 1.165) is 13.1 Å². The number of halogens is 3. The lowest BCUT2D eigenvalue weighted by Crippen LogP contribution is -2.40. The lowest BCUT2D eigenvalue weighted by atomic mass is 9.68. The van der Waals surface area contributed by atoms with E-state index < -0.39 is 12.8 Å². The van der Waals surface area contributed by atoms with Gasteiger partial charge in [0.1, 0.15) is 0 Å². The van der Waals surface area contributed by atoms with E-state index in [-0.39, 0.29) is 6.54 Å². The highest BCUT2D eigenvalue weighted by atomic mass is 19.4. The van der Waals surface area contributed by atoms with Crippen molar-refractivity contribution in [2.75, 3.05) is 19.6 Å². The fraction of sp³-hybridized carbons (Fsp3) is 1.00. The highest BCUT2D eigenvalue weighted by molar-refractivity contribution is 6.60. The monoisotopic (exact) mass is 180 g/mol. The van der Waals surface area contributed by atoms with Crippen molar-refractivity contribution >= 4 is 6.98 Å². The van der Waals surface area contributed by atoms with Crippen molar-refractivity contribution in [3.8, 4) is 0 Å². The maximum atomic E-state index is 12.3. The molecule has 1 saturated heterocycles. The Labute approximate surface area is 71.0 Å². The first-order valence-corrected chi connectivity index (χ1v) is 4.46. The van der Waals surface area contributed by atoms with Crippen LogP contribution in [0.15, 0.2) is 0 Å². The van der Waals surface area contributed by atoms with Gasteiger partial charge in [-0.05, 0) is 26.1 Å². The Kier molecular flexibility index (Phi) is 3.04. The van der Waals surface area contributed by atoms with Gasteiger partial charge in [0, 0.05) is 0 Å². The third-order valence-electron chi connectivity index (χ3n) is 2.52. The van der Waals surface area contributed by atoms with Crippen LogP contribution in [0.2, 0.25) is 5.82 Å². The van der Waals surface area contributed by atoms with E-state index in [1.165, 1.54) is 0 Å². The van der Waals surface area contributed by atoms with Crippen molar-refractivity contribution in [3.05, 3.63) is 0 Å². The fourth-order valence-electron chi connectivity index (χ4n) is 1.69. The smallest absolute Gasteiger partial charge is 0.449 e. The molecule has 1 aliphatic heterocycles. The number of rotatable bonds is 2. The van der Waals surface area contributed by atoms with E-state index in [9.17, 15) is 12.9 Å². The van der Waals surface area contributed by atoms with Crippen molar-refractivity contribution in [1.29, 1.82) is 0 Å². The SMILES string of the molecule is CCN1CCCC([B-](F)(F)F)C1. The van der Waals surface area contributed by atoms with Crippen LogP contribution in [0.1, 0.15) is 19.8 Å². The summed E-state index contributed by atoms with van der Waals surface area (Å²) >= 11 is 0. The predicted octanol–water partition coefficient (Wildman–Crippen LogP) is 2.32. The molecule has 0 N–H and O–H groups in total. The van der Waals surface area contributed by atoms with Crippen LogP contribution in [-0.2, 0) is 0 Å². The van der Waals surface area contributed by atoms with Crippen LogP contribution in [0.4, 0.5) is 12.9 Å². The van der Waals surface area contributed by atoms with Crippen molar-refractivity contribution in [1.82, 2.24) is 4.90 Å². The van der Waals surface area contributed by atoms with Gasteiger partial charge in [-0.15, -0.1) is 0 Å². The van der Waals surface area contributed by atoms with Gasteiger partial charge >= 0.3 is 6.98 Å². The van der Waals surface area contributed by atoms with Crippen LogP contribution >= 0.6 is 0 Å². The Morgan fingerprint density at radius 2 is 2.08 bits per heavy atom. The van der Waals surface area contributed by atoms with Gasteiger partial charge in [-0.1, -0.05) is 19.2 Å². The first-order valence-electron chi connectivity index (χ1n) is 4.46. The second kappa shape index (κ2) is 3.68. The molecule has 12 heavy (non-hydrogen) atoms. The van der Waals surface area contributed by atoms with Crippen LogP contribution in [-0.4, -0.2) is 31.5 Å². The minimum Gasteiger partial charge on any atom is -0.449 e. The van der Waals surface area contributed by atoms with Crippen molar-refractivity contribution in [3.63, 3.8) is 0 Å². The summed E-state index contributed by atoms with van der Waals surface area (Å²) in [5.74, 6) is -1.03. The summed E-state index contributed by atoms with van der Waals surface area (Å²) in [6.45, 7) is -0.904. The molecule has 1 atom stereocenters. The molecule has 0 aliphatic carbocycles. The molecule has 0 spiro atoms. The van der Waals surface area contributed by atoms with Crippen molar-refractivity contribution < 1.29 is 12.9 Å². The topological polar surface area (TPSA) is 3.24 Å². The second-order valence-electron chi connectivity index (χ2n) is 3.42. The zero-order chi connectivity index (χ0) is 9.19. The summed E-state index contributed by atoms with van der Waals surface area (Å²) in [6.07, 6.45) is 1.03. The molecule has 0 aromatic heterocycles. The standard InChI is InChI=1S/C7H14BF3N/c1-2-12-5-3-4-7(6-12)8(9,10)11/h7H,2-6H2,1H3/q-1. The lowest BCUT2D eigenvalue weighted by molar-refractivity contribution is 0.218. The minimum absolute atomic E-state index is 0.222. The van der Waals surface area contributed by atoms with E-state index in [2.05, 4.69) is 0 Å². The number of hydrogen-bond acceptors (Lipinski definition) is 1. The van der Waals surface area contributed by atoms with E-state index >= 15 is 0 Å². The number of nitrogens with zero attached hydrogens (tertiary/aromatic N) is 1. The third-order valence-corrected chi connectivity index (χ3v) is 2.52. The molecule has 5 heteroatoms. The van der Waals surface area contributed by atoms with Gasteiger partial charge in [0.25, 0.3) is 0 Å². The van der Waals surface area contributed by atoms with Crippen LogP contribution in [0, 0.1) is 0 Å².